The molecule has 1 atom stereocenters. The highest BCUT2D eigenvalue weighted by molar-refractivity contribution is 5.91. The summed E-state index contributed by atoms with van der Waals surface area (Å²) in [5.74, 6) is -0.253. The molecular formula is C16H16N2O2. The van der Waals surface area contributed by atoms with E-state index in [0.29, 0.717) is 0 Å². The van der Waals surface area contributed by atoms with Crippen LogP contribution in [0.2, 0.25) is 0 Å². The van der Waals surface area contributed by atoms with Crippen molar-refractivity contribution in [2.24, 2.45) is 0 Å². The first-order chi connectivity index (χ1) is 9.79. The zero-order valence-corrected chi connectivity index (χ0v) is 10.9. The van der Waals surface area contributed by atoms with Crippen molar-refractivity contribution in [3.05, 3.63) is 72.1 Å². The highest BCUT2D eigenvalue weighted by atomic mass is 16.3. The highest BCUT2D eigenvalue weighted by Crippen LogP contribution is 2.11. The number of benzene rings is 1. The number of nitrogens with zero attached hydrogens (tertiary/aromatic N) is 1. The first kappa shape index (κ1) is 14.0. The summed E-state index contributed by atoms with van der Waals surface area (Å²) in [5.41, 5.74) is 1.72. The maximum absolute atomic E-state index is 11.8. The zero-order chi connectivity index (χ0) is 14.2. The molecule has 0 fully saturated rings. The van der Waals surface area contributed by atoms with E-state index in [1.54, 1.807) is 24.5 Å². The van der Waals surface area contributed by atoms with Crippen molar-refractivity contribution in [2.75, 3.05) is 6.61 Å². The van der Waals surface area contributed by atoms with Gasteiger partial charge in [-0.15, -0.1) is 0 Å². The Morgan fingerprint density at radius 2 is 2.05 bits per heavy atom. The number of hydrogen-bond donors (Lipinski definition) is 2. The molecule has 0 saturated heterocycles. The zero-order valence-electron chi connectivity index (χ0n) is 10.9. The van der Waals surface area contributed by atoms with E-state index in [1.165, 1.54) is 6.08 Å². The first-order valence-electron chi connectivity index (χ1n) is 6.34. The molecule has 4 nitrogen and oxygen atoms in total. The van der Waals surface area contributed by atoms with Gasteiger partial charge in [-0.1, -0.05) is 36.4 Å². The van der Waals surface area contributed by atoms with E-state index in [2.05, 4.69) is 10.3 Å². The summed E-state index contributed by atoms with van der Waals surface area (Å²) in [7, 11) is 0. The quantitative estimate of drug-likeness (QED) is 0.815. The Labute approximate surface area is 117 Å². The van der Waals surface area contributed by atoms with E-state index in [-0.39, 0.29) is 12.5 Å². The SMILES string of the molecule is O=C(C=Cc1cccnc1)NC(CO)c1ccccc1. The van der Waals surface area contributed by atoms with Gasteiger partial charge in [-0.2, -0.15) is 0 Å². The maximum atomic E-state index is 11.8. The Bertz CT molecular complexity index is 568. The fraction of sp³-hybridized carbons (Fsp3) is 0.125. The van der Waals surface area contributed by atoms with Crippen molar-refractivity contribution in [3.63, 3.8) is 0 Å². The number of carbonyl (C=O) groups excluding carboxylic acids is 1. The van der Waals surface area contributed by atoms with Gasteiger partial charge in [0.1, 0.15) is 0 Å². The van der Waals surface area contributed by atoms with Crippen molar-refractivity contribution in [2.45, 2.75) is 6.04 Å². The topological polar surface area (TPSA) is 62.2 Å². The molecular weight excluding hydrogens is 252 g/mol. The summed E-state index contributed by atoms with van der Waals surface area (Å²) < 4.78 is 0. The van der Waals surface area contributed by atoms with Crippen LogP contribution in [0.5, 0.6) is 0 Å². The number of pyridine rings is 1. The van der Waals surface area contributed by atoms with Crippen LogP contribution in [-0.2, 0) is 4.79 Å². The molecule has 1 aromatic heterocycles. The van der Waals surface area contributed by atoms with Crippen molar-refractivity contribution in [1.29, 1.82) is 0 Å². The van der Waals surface area contributed by atoms with Crippen LogP contribution in [-0.4, -0.2) is 22.6 Å². The number of aliphatic hydroxyl groups excluding tert-OH is 1. The molecule has 2 rings (SSSR count). The molecule has 1 heterocycles. The Kier molecular flexibility index (Phi) is 5.03. The van der Waals surface area contributed by atoms with Crippen molar-refractivity contribution in [3.8, 4) is 0 Å². The molecule has 1 amide bonds. The number of aromatic nitrogens is 1. The van der Waals surface area contributed by atoms with Crippen molar-refractivity contribution in [1.82, 2.24) is 10.3 Å². The molecule has 0 saturated carbocycles. The highest BCUT2D eigenvalue weighted by Gasteiger charge is 2.11. The Morgan fingerprint density at radius 1 is 1.25 bits per heavy atom. The van der Waals surface area contributed by atoms with E-state index in [4.69, 9.17) is 0 Å². The average Bonchev–Trinajstić information content (AvgIpc) is 2.52. The molecule has 1 aromatic carbocycles. The minimum absolute atomic E-state index is 0.142. The predicted molar refractivity (Wildman–Crippen MR) is 77.7 cm³/mol. The van der Waals surface area contributed by atoms with E-state index in [9.17, 15) is 9.90 Å². The third kappa shape index (κ3) is 4.03. The molecule has 0 aliphatic carbocycles. The van der Waals surface area contributed by atoms with Crippen LogP contribution < -0.4 is 5.32 Å². The van der Waals surface area contributed by atoms with Gasteiger partial charge in [-0.05, 0) is 23.3 Å². The molecule has 20 heavy (non-hydrogen) atoms. The largest absolute Gasteiger partial charge is 0.394 e. The van der Waals surface area contributed by atoms with Crippen LogP contribution in [0.4, 0.5) is 0 Å². The summed E-state index contributed by atoms with van der Waals surface area (Å²) in [4.78, 5) is 15.8. The summed E-state index contributed by atoms with van der Waals surface area (Å²) in [6, 6.07) is 12.6. The van der Waals surface area contributed by atoms with Gasteiger partial charge in [0, 0.05) is 18.5 Å². The minimum Gasteiger partial charge on any atom is -0.394 e. The van der Waals surface area contributed by atoms with Gasteiger partial charge in [0.15, 0.2) is 0 Å². The van der Waals surface area contributed by atoms with Gasteiger partial charge in [0.05, 0.1) is 12.6 Å². The Morgan fingerprint density at radius 3 is 2.70 bits per heavy atom. The van der Waals surface area contributed by atoms with Gasteiger partial charge in [-0.3, -0.25) is 9.78 Å². The molecule has 0 radical (unpaired) electrons. The fourth-order valence-electron chi connectivity index (χ4n) is 1.79. The van der Waals surface area contributed by atoms with Crippen LogP contribution in [0.25, 0.3) is 6.08 Å². The molecule has 0 aliphatic heterocycles. The predicted octanol–water partition coefficient (Wildman–Crippen LogP) is 1.94. The van der Waals surface area contributed by atoms with E-state index in [1.807, 2.05) is 36.4 Å². The molecule has 0 bridgehead atoms. The molecule has 0 spiro atoms. The van der Waals surface area contributed by atoms with E-state index >= 15 is 0 Å². The number of rotatable bonds is 5. The van der Waals surface area contributed by atoms with Gasteiger partial charge in [0.2, 0.25) is 5.91 Å². The lowest BCUT2D eigenvalue weighted by atomic mass is 10.1. The lowest BCUT2D eigenvalue weighted by Crippen LogP contribution is -2.29. The average molecular weight is 268 g/mol. The van der Waals surface area contributed by atoms with Crippen molar-refractivity contribution >= 4 is 12.0 Å². The normalized spacial score (nSPS) is 12.2. The molecule has 2 N–H and O–H groups in total. The first-order valence-corrected chi connectivity index (χ1v) is 6.34. The van der Waals surface area contributed by atoms with Crippen LogP contribution in [0.3, 0.4) is 0 Å². The lowest BCUT2D eigenvalue weighted by Gasteiger charge is -2.15. The molecule has 102 valence electrons. The van der Waals surface area contributed by atoms with Crippen molar-refractivity contribution < 1.29 is 9.90 Å². The van der Waals surface area contributed by atoms with E-state index < -0.39 is 6.04 Å². The van der Waals surface area contributed by atoms with E-state index in [0.717, 1.165) is 11.1 Å². The number of carbonyl (C=O) groups is 1. The summed E-state index contributed by atoms with van der Waals surface area (Å²) in [6.45, 7) is -0.142. The smallest absolute Gasteiger partial charge is 0.244 e. The second-order valence-corrected chi connectivity index (χ2v) is 4.27. The Balaban J connectivity index is 1.98. The fourth-order valence-corrected chi connectivity index (χ4v) is 1.79. The van der Waals surface area contributed by atoms with Gasteiger partial charge in [-0.25, -0.2) is 0 Å². The van der Waals surface area contributed by atoms with Gasteiger partial charge in [0.25, 0.3) is 0 Å². The lowest BCUT2D eigenvalue weighted by molar-refractivity contribution is -0.117. The monoisotopic (exact) mass is 268 g/mol. The van der Waals surface area contributed by atoms with Crippen LogP contribution in [0.15, 0.2) is 60.9 Å². The van der Waals surface area contributed by atoms with Gasteiger partial charge < -0.3 is 10.4 Å². The third-order valence-electron chi connectivity index (χ3n) is 2.81. The van der Waals surface area contributed by atoms with Crippen LogP contribution >= 0.6 is 0 Å². The van der Waals surface area contributed by atoms with Crippen LogP contribution in [0, 0.1) is 0 Å². The summed E-state index contributed by atoms with van der Waals surface area (Å²) in [5, 5.41) is 12.1. The van der Waals surface area contributed by atoms with Crippen LogP contribution in [0.1, 0.15) is 17.2 Å². The number of hydrogen-bond acceptors (Lipinski definition) is 3. The minimum atomic E-state index is -0.401. The number of aliphatic hydroxyl groups is 1. The second-order valence-electron chi connectivity index (χ2n) is 4.27. The summed E-state index contributed by atoms with van der Waals surface area (Å²) >= 11 is 0. The molecule has 2 aromatic rings. The second kappa shape index (κ2) is 7.21. The molecule has 4 heteroatoms. The maximum Gasteiger partial charge on any atom is 0.244 e. The number of nitrogens with one attached hydrogen (secondary N) is 1. The Hall–Kier alpha value is -2.46. The third-order valence-corrected chi connectivity index (χ3v) is 2.81. The van der Waals surface area contributed by atoms with Gasteiger partial charge >= 0.3 is 0 Å². The molecule has 1 unspecified atom stereocenters. The number of amides is 1. The standard InChI is InChI=1S/C16H16N2O2/c19-12-15(14-6-2-1-3-7-14)18-16(20)9-8-13-5-4-10-17-11-13/h1-11,15,19H,12H2,(H,18,20). The molecule has 0 aliphatic rings. The summed E-state index contributed by atoms with van der Waals surface area (Å²) in [6.07, 6.45) is 6.46.